The fourth-order valence-electron chi connectivity index (χ4n) is 1.40. The lowest BCUT2D eigenvalue weighted by Crippen LogP contribution is -2.18. The highest BCUT2D eigenvalue weighted by Crippen LogP contribution is 2.11. The topological polar surface area (TPSA) is 64.3 Å². The molecule has 0 amide bonds. The van der Waals surface area contributed by atoms with Gasteiger partial charge in [-0.2, -0.15) is 0 Å². The maximum atomic E-state index is 13.5. The first kappa shape index (κ1) is 13.6. The zero-order chi connectivity index (χ0) is 12.7. The molecule has 1 aromatic rings. The van der Waals surface area contributed by atoms with Gasteiger partial charge in [0.1, 0.15) is 5.82 Å². The molecule has 0 radical (unpaired) electrons. The van der Waals surface area contributed by atoms with Gasteiger partial charge in [0, 0.05) is 6.54 Å². The summed E-state index contributed by atoms with van der Waals surface area (Å²) in [7, 11) is 1.23. The summed E-state index contributed by atoms with van der Waals surface area (Å²) in [5.41, 5.74) is 6.09. The number of halogens is 1. The third-order valence-electron chi connectivity index (χ3n) is 2.33. The van der Waals surface area contributed by atoms with Gasteiger partial charge < -0.3 is 15.8 Å². The van der Waals surface area contributed by atoms with E-state index in [9.17, 15) is 9.18 Å². The Bertz CT molecular complexity index is 383. The fourth-order valence-corrected chi connectivity index (χ4v) is 1.40. The van der Waals surface area contributed by atoms with Crippen LogP contribution in [-0.2, 0) is 11.3 Å². The first-order valence-electron chi connectivity index (χ1n) is 5.46. The molecular weight excluding hydrogens is 223 g/mol. The smallest absolute Gasteiger partial charge is 0.340 e. The number of hydrogen-bond donors (Lipinski definition) is 2. The number of carbonyl (C=O) groups excluding carboxylic acids is 1. The third kappa shape index (κ3) is 4.13. The molecule has 1 aromatic carbocycles. The molecule has 0 aliphatic carbocycles. The summed E-state index contributed by atoms with van der Waals surface area (Å²) in [5.74, 6) is -1.22. The van der Waals surface area contributed by atoms with Crippen LogP contribution in [-0.4, -0.2) is 26.2 Å². The Morgan fingerprint density at radius 2 is 2.29 bits per heavy atom. The van der Waals surface area contributed by atoms with E-state index in [0.29, 0.717) is 13.1 Å². The molecular formula is C12H17FN2O2. The van der Waals surface area contributed by atoms with Gasteiger partial charge in [0.15, 0.2) is 0 Å². The van der Waals surface area contributed by atoms with E-state index in [-0.39, 0.29) is 5.56 Å². The van der Waals surface area contributed by atoms with Crippen molar-refractivity contribution >= 4 is 5.97 Å². The summed E-state index contributed by atoms with van der Waals surface area (Å²) in [4.78, 5) is 11.2. The van der Waals surface area contributed by atoms with Gasteiger partial charge in [-0.1, -0.05) is 6.07 Å². The molecule has 0 saturated heterocycles. The number of ether oxygens (including phenoxy) is 1. The highest BCUT2D eigenvalue weighted by molar-refractivity contribution is 5.89. The molecule has 5 heteroatoms. The lowest BCUT2D eigenvalue weighted by molar-refractivity contribution is 0.0595. The first-order valence-corrected chi connectivity index (χ1v) is 5.46. The molecule has 0 bridgehead atoms. The Kier molecular flexibility index (Phi) is 5.59. The van der Waals surface area contributed by atoms with Crippen molar-refractivity contribution in [3.8, 4) is 0 Å². The average Bonchev–Trinajstić information content (AvgIpc) is 2.34. The molecule has 0 fully saturated rings. The second-order valence-electron chi connectivity index (χ2n) is 3.62. The molecule has 3 N–H and O–H groups in total. The van der Waals surface area contributed by atoms with Crippen molar-refractivity contribution in [3.05, 3.63) is 35.1 Å². The molecule has 0 unspecified atom stereocenters. The molecule has 0 spiro atoms. The Balaban J connectivity index is 2.59. The maximum absolute atomic E-state index is 13.5. The van der Waals surface area contributed by atoms with Crippen LogP contribution >= 0.6 is 0 Å². The van der Waals surface area contributed by atoms with Gasteiger partial charge in [0.05, 0.1) is 12.7 Å². The van der Waals surface area contributed by atoms with Crippen molar-refractivity contribution in [3.63, 3.8) is 0 Å². The number of nitrogens with one attached hydrogen (secondary N) is 1. The third-order valence-corrected chi connectivity index (χ3v) is 2.33. The van der Waals surface area contributed by atoms with Gasteiger partial charge in [-0.3, -0.25) is 0 Å². The van der Waals surface area contributed by atoms with E-state index < -0.39 is 11.8 Å². The van der Waals surface area contributed by atoms with Crippen molar-refractivity contribution in [1.82, 2.24) is 5.32 Å². The zero-order valence-electron chi connectivity index (χ0n) is 9.83. The minimum absolute atomic E-state index is 0.0433. The molecule has 0 aliphatic rings. The second kappa shape index (κ2) is 6.98. The number of carbonyl (C=O) groups is 1. The van der Waals surface area contributed by atoms with Crippen LogP contribution in [0.3, 0.4) is 0 Å². The molecule has 0 aromatic heterocycles. The van der Waals surface area contributed by atoms with Crippen LogP contribution < -0.4 is 11.1 Å². The summed E-state index contributed by atoms with van der Waals surface area (Å²) in [6.07, 6.45) is 0.878. The molecule has 0 heterocycles. The van der Waals surface area contributed by atoms with Crippen LogP contribution in [0.2, 0.25) is 0 Å². The number of rotatable bonds is 6. The van der Waals surface area contributed by atoms with E-state index in [1.807, 2.05) is 0 Å². The monoisotopic (exact) mass is 240 g/mol. The van der Waals surface area contributed by atoms with Crippen LogP contribution in [0.1, 0.15) is 22.3 Å². The largest absolute Gasteiger partial charge is 0.465 e. The van der Waals surface area contributed by atoms with Crippen LogP contribution in [0.25, 0.3) is 0 Å². The van der Waals surface area contributed by atoms with E-state index in [1.165, 1.54) is 19.2 Å². The average molecular weight is 240 g/mol. The second-order valence-corrected chi connectivity index (χ2v) is 3.62. The lowest BCUT2D eigenvalue weighted by atomic mass is 10.1. The van der Waals surface area contributed by atoms with Crippen molar-refractivity contribution in [2.75, 3.05) is 20.2 Å². The molecule has 0 saturated carbocycles. The summed E-state index contributed by atoms with van der Waals surface area (Å²) in [5, 5.41) is 3.13. The number of hydrogen-bond acceptors (Lipinski definition) is 4. The van der Waals surface area contributed by atoms with Gasteiger partial charge in [0.25, 0.3) is 0 Å². The maximum Gasteiger partial charge on any atom is 0.340 e. The molecule has 94 valence electrons. The van der Waals surface area contributed by atoms with Gasteiger partial charge >= 0.3 is 5.97 Å². The number of esters is 1. The van der Waals surface area contributed by atoms with Crippen molar-refractivity contribution in [2.45, 2.75) is 13.0 Å². The molecule has 0 aliphatic heterocycles. The predicted molar refractivity (Wildman–Crippen MR) is 63.1 cm³/mol. The summed E-state index contributed by atoms with van der Waals surface area (Å²) in [6, 6.07) is 4.47. The fraction of sp³-hybridized carbons (Fsp3) is 0.417. The number of methoxy groups -OCH3 is 1. The van der Waals surface area contributed by atoms with Gasteiger partial charge in [0.2, 0.25) is 0 Å². The number of benzene rings is 1. The van der Waals surface area contributed by atoms with E-state index in [1.54, 1.807) is 6.07 Å². The molecule has 1 rings (SSSR count). The SMILES string of the molecule is COC(=O)c1ccc(CNCCCN)cc1F. The van der Waals surface area contributed by atoms with Crippen LogP contribution in [0, 0.1) is 5.82 Å². The zero-order valence-corrected chi connectivity index (χ0v) is 9.83. The van der Waals surface area contributed by atoms with Crippen LogP contribution in [0.4, 0.5) is 4.39 Å². The lowest BCUT2D eigenvalue weighted by Gasteiger charge is -2.06. The number of nitrogens with two attached hydrogens (primary N) is 1. The van der Waals surface area contributed by atoms with Crippen molar-refractivity contribution < 1.29 is 13.9 Å². The van der Waals surface area contributed by atoms with Gasteiger partial charge in [-0.15, -0.1) is 0 Å². The minimum atomic E-state index is -0.662. The van der Waals surface area contributed by atoms with Gasteiger partial charge in [-0.25, -0.2) is 9.18 Å². The molecule has 0 atom stereocenters. The Morgan fingerprint density at radius 3 is 2.88 bits per heavy atom. The summed E-state index contributed by atoms with van der Waals surface area (Å²) >= 11 is 0. The summed E-state index contributed by atoms with van der Waals surface area (Å²) in [6.45, 7) is 1.97. The highest BCUT2D eigenvalue weighted by Gasteiger charge is 2.11. The van der Waals surface area contributed by atoms with E-state index in [4.69, 9.17) is 5.73 Å². The van der Waals surface area contributed by atoms with Crippen molar-refractivity contribution in [1.29, 1.82) is 0 Å². The standard InChI is InChI=1S/C12H17FN2O2/c1-17-12(16)10-4-3-9(7-11(10)13)8-15-6-2-5-14/h3-4,7,15H,2,5-6,8,14H2,1H3. The van der Waals surface area contributed by atoms with Crippen molar-refractivity contribution in [2.24, 2.45) is 5.73 Å². The first-order chi connectivity index (χ1) is 8.19. The summed E-state index contributed by atoms with van der Waals surface area (Å²) < 4.78 is 18.0. The van der Waals surface area contributed by atoms with E-state index in [2.05, 4.69) is 10.1 Å². The van der Waals surface area contributed by atoms with E-state index >= 15 is 0 Å². The highest BCUT2D eigenvalue weighted by atomic mass is 19.1. The van der Waals surface area contributed by atoms with Crippen LogP contribution in [0.5, 0.6) is 0 Å². The van der Waals surface area contributed by atoms with Gasteiger partial charge in [-0.05, 0) is 37.2 Å². The van der Waals surface area contributed by atoms with E-state index in [0.717, 1.165) is 18.5 Å². The van der Waals surface area contributed by atoms with Crippen LogP contribution in [0.15, 0.2) is 18.2 Å². The Hall–Kier alpha value is -1.46. The quantitative estimate of drug-likeness (QED) is 0.576. The Morgan fingerprint density at radius 1 is 1.53 bits per heavy atom. The molecule has 17 heavy (non-hydrogen) atoms. The predicted octanol–water partition coefficient (Wildman–Crippen LogP) is 1.05. The minimum Gasteiger partial charge on any atom is -0.465 e. The normalized spacial score (nSPS) is 10.3. The molecule has 4 nitrogen and oxygen atoms in total. The Labute approximate surface area is 100.0 Å².